The van der Waals surface area contributed by atoms with E-state index in [-0.39, 0.29) is 18.0 Å². The molecule has 1 aromatic carbocycles. The zero-order chi connectivity index (χ0) is 28.0. The second-order valence-corrected chi connectivity index (χ2v) is 10.7. The van der Waals surface area contributed by atoms with Gasteiger partial charge in [0.05, 0.1) is 5.69 Å². The molecule has 11 nitrogen and oxygen atoms in total. The molecule has 1 aliphatic carbocycles. The molecule has 11 heteroatoms. The Labute approximate surface area is 228 Å². The number of benzene rings is 1. The van der Waals surface area contributed by atoms with Gasteiger partial charge in [0.2, 0.25) is 0 Å². The van der Waals surface area contributed by atoms with Crippen LogP contribution in [0.4, 0.5) is 15.4 Å². The Morgan fingerprint density at radius 2 is 1.79 bits per heavy atom. The van der Waals surface area contributed by atoms with Crippen molar-refractivity contribution in [3.8, 4) is 5.69 Å². The number of anilines is 1. The van der Waals surface area contributed by atoms with Gasteiger partial charge in [-0.3, -0.25) is 19.4 Å². The van der Waals surface area contributed by atoms with Crippen molar-refractivity contribution >= 4 is 17.9 Å². The van der Waals surface area contributed by atoms with E-state index in [1.807, 2.05) is 45.0 Å². The molecule has 1 fully saturated rings. The van der Waals surface area contributed by atoms with Crippen LogP contribution in [0.5, 0.6) is 0 Å². The fourth-order valence-corrected chi connectivity index (χ4v) is 4.78. The van der Waals surface area contributed by atoms with Gasteiger partial charge < -0.3 is 10.1 Å². The number of rotatable bonds is 7. The first-order valence-electron chi connectivity index (χ1n) is 13.3. The lowest BCUT2D eigenvalue weighted by Crippen LogP contribution is -2.45. The molecular formula is C28H37N7O4. The summed E-state index contributed by atoms with van der Waals surface area (Å²) in [5, 5.41) is 5.59. The minimum Gasteiger partial charge on any atom is -0.444 e. The molecule has 1 saturated carbocycles. The predicted octanol–water partition coefficient (Wildman–Crippen LogP) is 4.17. The Morgan fingerprint density at radius 1 is 1.08 bits per heavy atom. The average molecular weight is 536 g/mol. The van der Waals surface area contributed by atoms with Crippen molar-refractivity contribution in [1.82, 2.24) is 29.3 Å². The van der Waals surface area contributed by atoms with Crippen LogP contribution in [0.1, 0.15) is 58.9 Å². The molecule has 0 spiro atoms. The summed E-state index contributed by atoms with van der Waals surface area (Å²) in [5.74, 6) is 0.168. The summed E-state index contributed by atoms with van der Waals surface area (Å²) < 4.78 is 8.09. The van der Waals surface area contributed by atoms with Crippen LogP contribution in [0.15, 0.2) is 60.0 Å². The summed E-state index contributed by atoms with van der Waals surface area (Å²) in [6.45, 7) is 9.49. The molecule has 2 amide bonds. The highest BCUT2D eigenvalue weighted by Gasteiger charge is 2.27. The Balaban J connectivity index is 1.31. The predicted molar refractivity (Wildman–Crippen MR) is 148 cm³/mol. The van der Waals surface area contributed by atoms with E-state index in [0.29, 0.717) is 11.7 Å². The van der Waals surface area contributed by atoms with Gasteiger partial charge in [0.25, 0.3) is 0 Å². The lowest BCUT2D eigenvalue weighted by atomic mass is 9.90. The number of nitrogens with one attached hydrogen (secondary N) is 2. The molecule has 0 aliphatic heterocycles. The van der Waals surface area contributed by atoms with Crippen molar-refractivity contribution < 1.29 is 14.3 Å². The molecule has 4 rings (SSSR count). The van der Waals surface area contributed by atoms with Crippen molar-refractivity contribution in [2.75, 3.05) is 11.9 Å². The van der Waals surface area contributed by atoms with Crippen LogP contribution < -0.4 is 16.3 Å². The Morgan fingerprint density at radius 3 is 2.38 bits per heavy atom. The second kappa shape index (κ2) is 12.2. The van der Waals surface area contributed by atoms with Gasteiger partial charge in [0.15, 0.2) is 0 Å². The van der Waals surface area contributed by atoms with Crippen molar-refractivity contribution in [3.63, 3.8) is 0 Å². The van der Waals surface area contributed by atoms with E-state index in [1.54, 1.807) is 12.3 Å². The van der Waals surface area contributed by atoms with Crippen LogP contribution in [0.25, 0.3) is 5.69 Å². The van der Waals surface area contributed by atoms with E-state index >= 15 is 0 Å². The molecule has 208 valence electrons. The first-order chi connectivity index (χ1) is 18.6. The third kappa shape index (κ3) is 7.76. The number of aromatic nitrogens is 4. The van der Waals surface area contributed by atoms with Crippen molar-refractivity contribution in [1.29, 1.82) is 0 Å². The Kier molecular flexibility index (Phi) is 8.80. The zero-order valence-electron chi connectivity index (χ0n) is 23.0. The maximum Gasteiger partial charge on any atom is 0.407 e. The fraction of sp³-hybridized carbons (Fsp3) is 0.464. The maximum absolute atomic E-state index is 12.6. The van der Waals surface area contributed by atoms with E-state index < -0.39 is 17.3 Å². The number of imidazole rings is 1. The number of amides is 2. The molecule has 0 unspecified atom stereocenters. The molecule has 0 bridgehead atoms. The van der Waals surface area contributed by atoms with Crippen molar-refractivity contribution in [3.05, 3.63) is 71.3 Å². The molecule has 0 radical (unpaired) electrons. The van der Waals surface area contributed by atoms with Gasteiger partial charge in [-0.05, 0) is 76.8 Å². The van der Waals surface area contributed by atoms with Gasteiger partial charge in [-0.1, -0.05) is 19.1 Å². The summed E-state index contributed by atoms with van der Waals surface area (Å²) in [6.07, 6.45) is 9.48. The topological polar surface area (TPSA) is 123 Å². The number of alkyl carbamates (subject to hydrolysis) is 1. The number of carbonyl (C=O) groups is 2. The third-order valence-electron chi connectivity index (χ3n) is 6.72. The van der Waals surface area contributed by atoms with Crippen LogP contribution in [-0.4, -0.2) is 60.4 Å². The summed E-state index contributed by atoms with van der Waals surface area (Å²) in [4.78, 5) is 47.2. The number of hydrogen-bond donors (Lipinski definition) is 2. The molecule has 0 atom stereocenters. The van der Waals surface area contributed by atoms with Crippen LogP contribution in [0.2, 0.25) is 0 Å². The van der Waals surface area contributed by atoms with Gasteiger partial charge in [-0.15, -0.1) is 0 Å². The number of hydrogen-bond acceptors (Lipinski definition) is 7. The third-order valence-corrected chi connectivity index (χ3v) is 6.72. The maximum atomic E-state index is 12.6. The highest BCUT2D eigenvalue weighted by molar-refractivity contribution is 5.89. The normalized spacial score (nSPS) is 17.6. The summed E-state index contributed by atoms with van der Waals surface area (Å²) in [6, 6.07) is 9.57. The van der Waals surface area contributed by atoms with Crippen LogP contribution in [0.3, 0.4) is 0 Å². The fourth-order valence-electron chi connectivity index (χ4n) is 4.78. The van der Waals surface area contributed by atoms with Gasteiger partial charge in [0, 0.05) is 37.2 Å². The first kappa shape index (κ1) is 28.0. The van der Waals surface area contributed by atoms with Crippen LogP contribution in [-0.2, 0) is 11.3 Å². The Bertz CT molecular complexity index is 1300. The zero-order valence-corrected chi connectivity index (χ0v) is 23.0. The van der Waals surface area contributed by atoms with Crippen LogP contribution >= 0.6 is 0 Å². The molecule has 3 aromatic rings. The smallest absolute Gasteiger partial charge is 0.407 e. The van der Waals surface area contributed by atoms with E-state index in [2.05, 4.69) is 32.4 Å². The largest absolute Gasteiger partial charge is 0.444 e. The summed E-state index contributed by atoms with van der Waals surface area (Å²) in [7, 11) is 0. The number of carbonyl (C=O) groups excluding carboxylic acids is 2. The van der Waals surface area contributed by atoms with E-state index in [4.69, 9.17) is 4.74 Å². The van der Waals surface area contributed by atoms with Gasteiger partial charge in [-0.2, -0.15) is 4.98 Å². The molecule has 2 heterocycles. The second-order valence-electron chi connectivity index (χ2n) is 10.7. The summed E-state index contributed by atoms with van der Waals surface area (Å²) in [5.41, 5.74) is 0.862. The Hall–Kier alpha value is -3.99. The van der Waals surface area contributed by atoms with Crippen LogP contribution in [0, 0.1) is 0 Å². The first-order valence-corrected chi connectivity index (χ1v) is 13.3. The average Bonchev–Trinajstić information content (AvgIpc) is 3.43. The van der Waals surface area contributed by atoms with Crippen molar-refractivity contribution in [2.24, 2.45) is 0 Å². The minimum atomic E-state index is -0.498. The summed E-state index contributed by atoms with van der Waals surface area (Å²) >= 11 is 0. The van der Waals surface area contributed by atoms with E-state index in [0.717, 1.165) is 44.3 Å². The minimum absolute atomic E-state index is 0.145. The molecule has 1 aliphatic rings. The van der Waals surface area contributed by atoms with E-state index in [9.17, 15) is 14.4 Å². The van der Waals surface area contributed by atoms with Gasteiger partial charge in [0.1, 0.15) is 17.7 Å². The lowest BCUT2D eigenvalue weighted by Gasteiger charge is -2.36. The monoisotopic (exact) mass is 535 g/mol. The quantitative estimate of drug-likeness (QED) is 0.465. The van der Waals surface area contributed by atoms with Crippen molar-refractivity contribution in [2.45, 2.75) is 77.6 Å². The number of nitrogens with zero attached hydrogens (tertiary/aromatic N) is 5. The number of ether oxygens (including phenoxy) is 1. The molecule has 2 N–H and O–H groups in total. The van der Waals surface area contributed by atoms with Gasteiger partial charge in [-0.25, -0.2) is 19.4 Å². The molecule has 2 aromatic heterocycles. The van der Waals surface area contributed by atoms with Gasteiger partial charge >= 0.3 is 17.8 Å². The molecule has 39 heavy (non-hydrogen) atoms. The molecule has 0 saturated heterocycles. The van der Waals surface area contributed by atoms with E-state index in [1.165, 1.54) is 27.9 Å². The standard InChI is InChI=1S/C28H37N7O4/c1-5-33(22-12-8-21(9-13-22)30-27(38)39-28(2,3)4)18-20-6-10-23(11-7-20)35-16-14-24(32-26(35)37)31-25(36)34-17-15-29-19-34/h6-7,10-11,14-17,19,21-22H,5,8-9,12-13,18H2,1-4H3,(H,30,38)(H,31,32,36,37). The SMILES string of the molecule is CCN(Cc1ccc(-n2ccc(NC(=O)n3ccnc3)nc2=O)cc1)C1CCC(NC(=O)OC(C)(C)C)CC1. The molecular weight excluding hydrogens is 498 g/mol. The highest BCUT2D eigenvalue weighted by Crippen LogP contribution is 2.25. The highest BCUT2D eigenvalue weighted by atomic mass is 16.6. The lowest BCUT2D eigenvalue weighted by molar-refractivity contribution is 0.0476.